The summed E-state index contributed by atoms with van der Waals surface area (Å²) in [4.78, 5) is 24.2. The number of para-hydroxylation sites is 1. The molecule has 2 aromatic carbocycles. The number of esters is 2. The Morgan fingerprint density at radius 1 is 0.969 bits per heavy atom. The summed E-state index contributed by atoms with van der Waals surface area (Å²) in [5, 5.41) is 0.432. The zero-order chi connectivity index (χ0) is 23.5. The van der Waals surface area contributed by atoms with E-state index in [0.717, 1.165) is 14.2 Å². The molecule has 0 radical (unpaired) electrons. The largest absolute Gasteiger partial charge is 0.465 e. The first-order valence-corrected chi connectivity index (χ1v) is 11.7. The summed E-state index contributed by atoms with van der Waals surface area (Å²) in [6.45, 7) is 1.45. The summed E-state index contributed by atoms with van der Waals surface area (Å²) in [6, 6.07) is 13.0. The van der Waals surface area contributed by atoms with Crippen LogP contribution in [0.5, 0.6) is 11.5 Å². The number of sulfonamides is 1. The Bertz CT molecular complexity index is 1270. The van der Waals surface area contributed by atoms with Gasteiger partial charge in [-0.05, 0) is 48.9 Å². The number of rotatable bonds is 7. The number of carbonyl (C=O) groups excluding carboxylic acids is 2. The number of benzene rings is 2. The number of nitrogens with one attached hydrogen (secondary N) is 1. The minimum Gasteiger partial charge on any atom is -0.465 e. The van der Waals surface area contributed by atoms with Crippen LogP contribution in [0.2, 0.25) is 5.02 Å². The number of halogens is 1. The fraction of sp³-hybridized carbons (Fsp3) is 0.143. The van der Waals surface area contributed by atoms with Crippen molar-refractivity contribution in [3.8, 4) is 11.5 Å². The van der Waals surface area contributed by atoms with E-state index in [0.29, 0.717) is 27.9 Å². The van der Waals surface area contributed by atoms with Crippen molar-refractivity contribution in [2.45, 2.75) is 11.1 Å². The zero-order valence-corrected chi connectivity index (χ0v) is 19.6. The van der Waals surface area contributed by atoms with Crippen LogP contribution in [0.3, 0.4) is 0 Å². The Hall–Kier alpha value is -3.08. The van der Waals surface area contributed by atoms with Crippen LogP contribution in [0.15, 0.2) is 52.7 Å². The number of carbonyl (C=O) groups is 2. The molecule has 3 aromatic rings. The first-order valence-electron chi connectivity index (χ1n) is 9.03. The van der Waals surface area contributed by atoms with Gasteiger partial charge in [0, 0.05) is 5.69 Å². The molecule has 0 unspecified atom stereocenters. The predicted octanol–water partition coefficient (Wildman–Crippen LogP) is 4.88. The SMILES string of the molecule is COC(=O)c1sc(S(=O)(=O)Nc2ccc(Oc3ccccc3Cl)cc2)c(C(=O)OC)c1C. The third kappa shape index (κ3) is 4.87. The lowest BCUT2D eigenvalue weighted by Gasteiger charge is -2.10. The normalized spacial score (nSPS) is 11.0. The summed E-state index contributed by atoms with van der Waals surface area (Å²) >= 11 is 6.70. The molecule has 0 bridgehead atoms. The van der Waals surface area contributed by atoms with E-state index < -0.39 is 22.0 Å². The van der Waals surface area contributed by atoms with Gasteiger partial charge >= 0.3 is 11.9 Å². The summed E-state index contributed by atoms with van der Waals surface area (Å²) in [6.07, 6.45) is 0. The van der Waals surface area contributed by atoms with Crippen LogP contribution in [0.25, 0.3) is 0 Å². The van der Waals surface area contributed by atoms with E-state index in [9.17, 15) is 18.0 Å². The first-order chi connectivity index (χ1) is 15.2. The Morgan fingerprint density at radius 2 is 1.59 bits per heavy atom. The maximum Gasteiger partial charge on any atom is 0.348 e. The van der Waals surface area contributed by atoms with Crippen molar-refractivity contribution in [1.82, 2.24) is 0 Å². The van der Waals surface area contributed by atoms with Gasteiger partial charge < -0.3 is 14.2 Å². The average molecular weight is 496 g/mol. The quantitative estimate of drug-likeness (QED) is 0.465. The van der Waals surface area contributed by atoms with Crippen molar-refractivity contribution in [2.75, 3.05) is 18.9 Å². The maximum absolute atomic E-state index is 13.0. The van der Waals surface area contributed by atoms with Gasteiger partial charge in [-0.1, -0.05) is 23.7 Å². The molecule has 0 atom stereocenters. The van der Waals surface area contributed by atoms with Gasteiger partial charge in [0.2, 0.25) is 0 Å². The molecule has 0 fully saturated rings. The summed E-state index contributed by atoms with van der Waals surface area (Å²) in [5.74, 6) is -0.733. The lowest BCUT2D eigenvalue weighted by Crippen LogP contribution is -2.16. The molecule has 3 rings (SSSR count). The summed E-state index contributed by atoms with van der Waals surface area (Å²) < 4.78 is 43.2. The molecule has 0 saturated heterocycles. The van der Waals surface area contributed by atoms with Gasteiger partial charge in [-0.3, -0.25) is 4.72 Å². The fourth-order valence-electron chi connectivity index (χ4n) is 2.75. The van der Waals surface area contributed by atoms with E-state index >= 15 is 0 Å². The van der Waals surface area contributed by atoms with Crippen molar-refractivity contribution < 1.29 is 32.2 Å². The third-order valence-corrected chi connectivity index (χ3v) is 7.77. The van der Waals surface area contributed by atoms with E-state index in [4.69, 9.17) is 21.1 Å². The number of thiophene rings is 1. The standard InChI is InChI=1S/C21H18ClNO7S2/c1-12-17(19(24)28-2)21(31-18(12)20(25)29-3)32(26,27)23-13-8-10-14(11-9-13)30-16-7-5-4-6-15(16)22/h4-11,23H,1-3H3. The van der Waals surface area contributed by atoms with E-state index in [2.05, 4.69) is 9.46 Å². The van der Waals surface area contributed by atoms with Crippen LogP contribution >= 0.6 is 22.9 Å². The molecule has 1 N–H and O–H groups in total. The summed E-state index contributed by atoms with van der Waals surface area (Å²) in [5.41, 5.74) is 0.166. The first kappa shape index (κ1) is 23.6. The van der Waals surface area contributed by atoms with Crippen LogP contribution in [-0.4, -0.2) is 34.6 Å². The number of hydrogen-bond acceptors (Lipinski definition) is 8. The summed E-state index contributed by atoms with van der Waals surface area (Å²) in [7, 11) is -1.93. The van der Waals surface area contributed by atoms with Gasteiger partial charge in [-0.2, -0.15) is 0 Å². The highest BCUT2D eigenvalue weighted by Gasteiger charge is 2.32. The molecule has 1 aromatic heterocycles. The minimum absolute atomic E-state index is 0.00300. The highest BCUT2D eigenvalue weighted by molar-refractivity contribution is 7.94. The molecule has 0 aliphatic rings. The highest BCUT2D eigenvalue weighted by atomic mass is 35.5. The maximum atomic E-state index is 13.0. The Kier molecular flexibility index (Phi) is 7.07. The number of ether oxygens (including phenoxy) is 3. The van der Waals surface area contributed by atoms with Crippen molar-refractivity contribution in [3.05, 3.63) is 69.6 Å². The number of anilines is 1. The Labute approximate surface area is 193 Å². The molecular formula is C21H18ClNO7S2. The van der Waals surface area contributed by atoms with Crippen molar-refractivity contribution in [2.24, 2.45) is 0 Å². The number of methoxy groups -OCH3 is 2. The van der Waals surface area contributed by atoms with Crippen LogP contribution in [0.1, 0.15) is 25.6 Å². The zero-order valence-electron chi connectivity index (χ0n) is 17.2. The van der Waals surface area contributed by atoms with Gasteiger partial charge in [0.1, 0.15) is 16.4 Å². The second-order valence-corrected chi connectivity index (χ2v) is 9.67. The van der Waals surface area contributed by atoms with Crippen LogP contribution in [0, 0.1) is 6.92 Å². The topological polar surface area (TPSA) is 108 Å². The molecule has 0 spiro atoms. The molecule has 168 valence electrons. The van der Waals surface area contributed by atoms with E-state index in [1.54, 1.807) is 36.4 Å². The molecule has 0 aliphatic carbocycles. The Balaban J connectivity index is 1.90. The fourth-order valence-corrected chi connectivity index (χ4v) is 5.73. The van der Waals surface area contributed by atoms with Crippen molar-refractivity contribution in [3.63, 3.8) is 0 Å². The monoisotopic (exact) mass is 495 g/mol. The van der Waals surface area contributed by atoms with E-state index in [1.807, 2.05) is 0 Å². The predicted molar refractivity (Wildman–Crippen MR) is 121 cm³/mol. The molecule has 11 heteroatoms. The van der Waals surface area contributed by atoms with Crippen molar-refractivity contribution >= 4 is 50.6 Å². The molecule has 8 nitrogen and oxygen atoms in total. The molecule has 0 saturated carbocycles. The second-order valence-electron chi connectivity index (χ2n) is 6.36. The van der Waals surface area contributed by atoms with Crippen LogP contribution in [0.4, 0.5) is 5.69 Å². The van der Waals surface area contributed by atoms with Crippen molar-refractivity contribution in [1.29, 1.82) is 0 Å². The minimum atomic E-state index is -4.22. The molecule has 0 amide bonds. The third-order valence-electron chi connectivity index (χ3n) is 4.29. The van der Waals surface area contributed by atoms with Gasteiger partial charge in [0.05, 0.1) is 24.8 Å². The lowest BCUT2D eigenvalue weighted by atomic mass is 10.2. The van der Waals surface area contributed by atoms with E-state index in [1.165, 1.54) is 19.1 Å². The highest BCUT2D eigenvalue weighted by Crippen LogP contribution is 2.35. The smallest absolute Gasteiger partial charge is 0.348 e. The van der Waals surface area contributed by atoms with E-state index in [-0.39, 0.29) is 25.9 Å². The molecular weight excluding hydrogens is 478 g/mol. The second kappa shape index (κ2) is 9.60. The average Bonchev–Trinajstić information content (AvgIpc) is 3.13. The van der Waals surface area contributed by atoms with Gasteiger partial charge in [0.15, 0.2) is 4.21 Å². The molecule has 0 aliphatic heterocycles. The molecule has 1 heterocycles. The van der Waals surface area contributed by atoms with Gasteiger partial charge in [-0.25, -0.2) is 18.0 Å². The Morgan fingerprint density at radius 3 is 2.19 bits per heavy atom. The van der Waals surface area contributed by atoms with Crippen LogP contribution in [-0.2, 0) is 19.5 Å². The molecule has 32 heavy (non-hydrogen) atoms. The van der Waals surface area contributed by atoms with Gasteiger partial charge in [0.25, 0.3) is 10.0 Å². The number of hydrogen-bond donors (Lipinski definition) is 1. The lowest BCUT2D eigenvalue weighted by molar-refractivity contribution is 0.0596. The van der Waals surface area contributed by atoms with Crippen LogP contribution < -0.4 is 9.46 Å². The van der Waals surface area contributed by atoms with Gasteiger partial charge in [-0.15, -0.1) is 11.3 Å².